The van der Waals surface area contributed by atoms with E-state index < -0.39 is 0 Å². The zero-order chi connectivity index (χ0) is 19.4. The fourth-order valence-corrected chi connectivity index (χ4v) is 2.97. The van der Waals surface area contributed by atoms with E-state index in [0.29, 0.717) is 21.5 Å². The van der Waals surface area contributed by atoms with Gasteiger partial charge in [0.15, 0.2) is 6.61 Å². The Labute approximate surface area is 167 Å². The molecule has 1 N–H and O–H groups in total. The Morgan fingerprint density at radius 1 is 1.19 bits per heavy atom. The summed E-state index contributed by atoms with van der Waals surface area (Å²) in [5, 5.41) is 5.82. The molecule has 5 nitrogen and oxygen atoms in total. The molecule has 0 bridgehead atoms. The summed E-state index contributed by atoms with van der Waals surface area (Å²) < 4.78 is 5.47. The van der Waals surface area contributed by atoms with Crippen molar-refractivity contribution in [1.82, 2.24) is 10.4 Å². The second-order valence-electron chi connectivity index (χ2n) is 6.01. The number of nitrogens with zero attached hydrogens (tertiary/aromatic N) is 2. The Bertz CT molecular complexity index is 1040. The van der Waals surface area contributed by atoms with Gasteiger partial charge < -0.3 is 4.74 Å². The summed E-state index contributed by atoms with van der Waals surface area (Å²) in [5.74, 6) is 0.206. The lowest BCUT2D eigenvalue weighted by atomic mass is 10.1. The van der Waals surface area contributed by atoms with Gasteiger partial charge in [-0.2, -0.15) is 5.10 Å². The number of hydrogen-bond acceptors (Lipinski definition) is 4. The van der Waals surface area contributed by atoms with E-state index in [2.05, 4.69) is 15.5 Å². The first-order chi connectivity index (χ1) is 12.9. The summed E-state index contributed by atoms with van der Waals surface area (Å²) in [5.41, 5.74) is 5.76. The highest BCUT2D eigenvalue weighted by atomic mass is 35.5. The number of aryl methyl sites for hydroxylation is 2. The number of amides is 1. The summed E-state index contributed by atoms with van der Waals surface area (Å²) in [6.07, 6.45) is 1.46. The molecule has 7 heteroatoms. The van der Waals surface area contributed by atoms with E-state index in [4.69, 9.17) is 27.9 Å². The van der Waals surface area contributed by atoms with Gasteiger partial charge in [0, 0.05) is 16.0 Å². The molecular weight excluding hydrogens is 385 g/mol. The number of para-hydroxylation sites is 1. The van der Waals surface area contributed by atoms with E-state index in [1.54, 1.807) is 18.2 Å². The zero-order valence-electron chi connectivity index (χ0n) is 14.8. The number of ether oxygens (including phenoxy) is 1. The number of hydrogen-bond donors (Lipinski definition) is 1. The minimum Gasteiger partial charge on any atom is -0.483 e. The minimum atomic E-state index is -0.388. The molecule has 138 valence electrons. The summed E-state index contributed by atoms with van der Waals surface area (Å²) in [4.78, 5) is 16.3. The molecule has 0 saturated carbocycles. The van der Waals surface area contributed by atoms with Crippen molar-refractivity contribution in [3.8, 4) is 5.75 Å². The number of hydrazone groups is 1. The van der Waals surface area contributed by atoms with Crippen LogP contribution in [0.1, 0.15) is 16.7 Å². The van der Waals surface area contributed by atoms with Crippen LogP contribution in [0.3, 0.4) is 0 Å². The fraction of sp³-hybridized carbons (Fsp3) is 0.150. The van der Waals surface area contributed by atoms with E-state index in [-0.39, 0.29) is 12.5 Å². The Morgan fingerprint density at radius 3 is 2.78 bits per heavy atom. The van der Waals surface area contributed by atoms with Crippen LogP contribution in [0.15, 0.2) is 47.6 Å². The molecule has 3 aromatic rings. The quantitative estimate of drug-likeness (QED) is 0.383. The molecule has 0 aliphatic rings. The van der Waals surface area contributed by atoms with Crippen LogP contribution in [-0.4, -0.2) is 23.7 Å². The van der Waals surface area contributed by atoms with Crippen LogP contribution >= 0.6 is 23.2 Å². The van der Waals surface area contributed by atoms with Crippen molar-refractivity contribution < 1.29 is 9.53 Å². The molecule has 0 saturated heterocycles. The van der Waals surface area contributed by atoms with Crippen molar-refractivity contribution in [2.45, 2.75) is 13.8 Å². The van der Waals surface area contributed by atoms with E-state index in [0.717, 1.165) is 22.0 Å². The first-order valence-electron chi connectivity index (χ1n) is 8.21. The van der Waals surface area contributed by atoms with Gasteiger partial charge in [-0.1, -0.05) is 41.4 Å². The summed E-state index contributed by atoms with van der Waals surface area (Å²) in [7, 11) is 0. The second kappa shape index (κ2) is 8.37. The SMILES string of the molecule is Cc1cc(Cl)ccc1OCC(=O)N/N=C\c1cc2cccc(C)c2nc1Cl. The third kappa shape index (κ3) is 4.76. The highest BCUT2D eigenvalue weighted by molar-refractivity contribution is 6.32. The van der Waals surface area contributed by atoms with Gasteiger partial charge in [0.25, 0.3) is 5.91 Å². The molecule has 0 unspecified atom stereocenters. The minimum absolute atomic E-state index is 0.164. The average molecular weight is 402 g/mol. The predicted molar refractivity (Wildman–Crippen MR) is 109 cm³/mol. The molecule has 3 rings (SSSR count). The lowest BCUT2D eigenvalue weighted by Crippen LogP contribution is -2.24. The van der Waals surface area contributed by atoms with Gasteiger partial charge in [0.2, 0.25) is 0 Å². The molecule has 0 aliphatic heterocycles. The van der Waals surface area contributed by atoms with Gasteiger partial charge in [-0.05, 0) is 49.2 Å². The molecule has 0 spiro atoms. The molecule has 27 heavy (non-hydrogen) atoms. The summed E-state index contributed by atoms with van der Waals surface area (Å²) >= 11 is 12.1. The smallest absolute Gasteiger partial charge is 0.277 e. The molecule has 0 aliphatic carbocycles. The number of aromatic nitrogens is 1. The number of benzene rings is 2. The monoisotopic (exact) mass is 401 g/mol. The summed E-state index contributed by atoms with van der Waals surface area (Å²) in [6.45, 7) is 3.67. The molecule has 0 atom stereocenters. The van der Waals surface area contributed by atoms with E-state index in [1.165, 1.54) is 6.21 Å². The number of rotatable bonds is 5. The van der Waals surface area contributed by atoms with Crippen LogP contribution in [0.4, 0.5) is 0 Å². The van der Waals surface area contributed by atoms with Crippen molar-refractivity contribution in [1.29, 1.82) is 0 Å². The van der Waals surface area contributed by atoms with E-state index in [9.17, 15) is 4.79 Å². The highest BCUT2D eigenvalue weighted by Crippen LogP contribution is 2.22. The van der Waals surface area contributed by atoms with Gasteiger partial charge in [-0.15, -0.1) is 0 Å². The third-order valence-corrected chi connectivity index (χ3v) is 4.45. The fourth-order valence-electron chi connectivity index (χ4n) is 2.56. The standard InChI is InChI=1S/C20H17Cl2N3O2/c1-12-4-3-5-14-9-15(20(22)24-19(12)14)10-23-25-18(26)11-27-17-7-6-16(21)8-13(17)2/h3-10H,11H2,1-2H3,(H,25,26)/b23-10-. The van der Waals surface area contributed by atoms with Crippen LogP contribution in [0.2, 0.25) is 10.2 Å². The lowest BCUT2D eigenvalue weighted by Gasteiger charge is -2.08. The zero-order valence-corrected chi connectivity index (χ0v) is 16.3. The first kappa shape index (κ1) is 19.1. The maximum Gasteiger partial charge on any atom is 0.277 e. The lowest BCUT2D eigenvalue weighted by molar-refractivity contribution is -0.123. The predicted octanol–water partition coefficient (Wildman–Crippen LogP) is 4.69. The molecule has 2 aromatic carbocycles. The van der Waals surface area contributed by atoms with Gasteiger partial charge in [0.1, 0.15) is 10.9 Å². The van der Waals surface area contributed by atoms with Gasteiger partial charge in [-0.25, -0.2) is 10.4 Å². The molecular formula is C20H17Cl2N3O2. The first-order valence-corrected chi connectivity index (χ1v) is 8.96. The Morgan fingerprint density at radius 2 is 2.00 bits per heavy atom. The number of nitrogens with one attached hydrogen (secondary N) is 1. The third-order valence-electron chi connectivity index (χ3n) is 3.92. The number of carbonyl (C=O) groups is 1. The molecule has 0 radical (unpaired) electrons. The number of halogens is 2. The average Bonchev–Trinajstić information content (AvgIpc) is 2.62. The Kier molecular flexibility index (Phi) is 5.94. The van der Waals surface area contributed by atoms with Crippen LogP contribution in [0.25, 0.3) is 10.9 Å². The normalized spacial score (nSPS) is 11.1. The van der Waals surface area contributed by atoms with Crippen molar-refractivity contribution in [3.63, 3.8) is 0 Å². The van der Waals surface area contributed by atoms with Crippen molar-refractivity contribution in [3.05, 3.63) is 69.3 Å². The number of carbonyl (C=O) groups excluding carboxylic acids is 1. The van der Waals surface area contributed by atoms with Crippen molar-refractivity contribution >= 4 is 46.2 Å². The van der Waals surface area contributed by atoms with Gasteiger partial charge in [0.05, 0.1) is 11.7 Å². The molecule has 1 heterocycles. The summed E-state index contributed by atoms with van der Waals surface area (Å²) in [6, 6.07) is 12.9. The number of pyridine rings is 1. The van der Waals surface area contributed by atoms with Crippen molar-refractivity contribution in [2.75, 3.05) is 6.61 Å². The largest absolute Gasteiger partial charge is 0.483 e. The van der Waals surface area contributed by atoms with Crippen molar-refractivity contribution in [2.24, 2.45) is 5.10 Å². The molecule has 1 aromatic heterocycles. The van der Waals surface area contributed by atoms with Crippen LogP contribution in [0.5, 0.6) is 5.75 Å². The van der Waals surface area contributed by atoms with Crippen LogP contribution < -0.4 is 10.2 Å². The van der Waals surface area contributed by atoms with Crippen LogP contribution in [-0.2, 0) is 4.79 Å². The number of fused-ring (bicyclic) bond motifs is 1. The topological polar surface area (TPSA) is 63.6 Å². The molecule has 0 fully saturated rings. The molecule has 1 amide bonds. The highest BCUT2D eigenvalue weighted by Gasteiger charge is 2.07. The second-order valence-corrected chi connectivity index (χ2v) is 6.80. The Hall–Kier alpha value is -2.63. The van der Waals surface area contributed by atoms with Gasteiger partial charge >= 0.3 is 0 Å². The van der Waals surface area contributed by atoms with Gasteiger partial charge in [-0.3, -0.25) is 4.79 Å². The van der Waals surface area contributed by atoms with E-state index in [1.807, 2.05) is 38.1 Å². The maximum absolute atomic E-state index is 11.9. The Balaban J connectivity index is 1.62. The maximum atomic E-state index is 11.9. The van der Waals surface area contributed by atoms with Crippen LogP contribution in [0, 0.1) is 13.8 Å². The van der Waals surface area contributed by atoms with E-state index >= 15 is 0 Å².